The van der Waals surface area contributed by atoms with Crippen LogP contribution >= 0.6 is 0 Å². The summed E-state index contributed by atoms with van der Waals surface area (Å²) in [5, 5.41) is 0. The molecule has 0 aliphatic carbocycles. The minimum atomic E-state index is -4.07. The first-order valence-electron chi connectivity index (χ1n) is 4.74. The number of hydrogen-bond donors (Lipinski definition) is 1. The van der Waals surface area contributed by atoms with E-state index in [9.17, 15) is 8.42 Å². The molecular weight excluding hydrogens is 214 g/mol. The second kappa shape index (κ2) is 3.59. The zero-order valence-corrected chi connectivity index (χ0v) is 9.29. The standard InChI is InChI=1S/C10H13NO3S/c1-11-5-4-8-2-3-10(15(12,13)14)6-9(8)7-11/h2-3,6H,4-5,7H2,1H3,(H,12,13,14). The normalized spacial score (nSPS) is 17.5. The largest absolute Gasteiger partial charge is 0.302 e. The highest BCUT2D eigenvalue weighted by Gasteiger charge is 2.16. The van der Waals surface area contributed by atoms with E-state index >= 15 is 0 Å². The van der Waals surface area contributed by atoms with Crippen LogP contribution in [-0.4, -0.2) is 31.5 Å². The summed E-state index contributed by atoms with van der Waals surface area (Å²) >= 11 is 0. The molecule has 0 saturated heterocycles. The molecule has 0 aromatic heterocycles. The van der Waals surface area contributed by atoms with Crippen LogP contribution in [0.3, 0.4) is 0 Å². The van der Waals surface area contributed by atoms with Crippen molar-refractivity contribution in [3.05, 3.63) is 29.3 Å². The third kappa shape index (κ3) is 2.19. The quantitative estimate of drug-likeness (QED) is 0.725. The van der Waals surface area contributed by atoms with Crippen LogP contribution in [0.25, 0.3) is 0 Å². The molecule has 5 heteroatoms. The lowest BCUT2D eigenvalue weighted by atomic mass is 10.0. The smallest absolute Gasteiger partial charge is 0.294 e. The Morgan fingerprint density at radius 1 is 1.33 bits per heavy atom. The van der Waals surface area contributed by atoms with Crippen LogP contribution in [0.1, 0.15) is 11.1 Å². The molecule has 15 heavy (non-hydrogen) atoms. The van der Waals surface area contributed by atoms with E-state index in [4.69, 9.17) is 4.55 Å². The third-order valence-corrected chi connectivity index (χ3v) is 3.53. The van der Waals surface area contributed by atoms with Gasteiger partial charge >= 0.3 is 0 Å². The first-order chi connectivity index (χ1) is 6.97. The second-order valence-corrected chi connectivity index (χ2v) is 5.31. The fourth-order valence-electron chi connectivity index (χ4n) is 1.83. The molecular formula is C10H13NO3S. The molecule has 82 valence electrons. The second-order valence-electron chi connectivity index (χ2n) is 3.89. The molecule has 1 N–H and O–H groups in total. The monoisotopic (exact) mass is 227 g/mol. The van der Waals surface area contributed by atoms with Gasteiger partial charge in [-0.05, 0) is 36.7 Å². The van der Waals surface area contributed by atoms with Crippen molar-refractivity contribution in [2.75, 3.05) is 13.6 Å². The van der Waals surface area contributed by atoms with Crippen molar-refractivity contribution in [3.8, 4) is 0 Å². The summed E-state index contributed by atoms with van der Waals surface area (Å²) < 4.78 is 30.8. The van der Waals surface area contributed by atoms with Crippen LogP contribution in [0.5, 0.6) is 0 Å². The fourth-order valence-corrected chi connectivity index (χ4v) is 2.37. The molecule has 1 heterocycles. The molecule has 0 fully saturated rings. The Hall–Kier alpha value is -0.910. The molecule has 4 nitrogen and oxygen atoms in total. The number of rotatable bonds is 1. The van der Waals surface area contributed by atoms with Crippen LogP contribution in [0.15, 0.2) is 23.1 Å². The lowest BCUT2D eigenvalue weighted by Gasteiger charge is -2.25. The highest BCUT2D eigenvalue weighted by molar-refractivity contribution is 7.85. The van der Waals surface area contributed by atoms with Crippen molar-refractivity contribution in [3.63, 3.8) is 0 Å². The van der Waals surface area contributed by atoms with Crippen molar-refractivity contribution in [2.24, 2.45) is 0 Å². The molecule has 1 aliphatic rings. The molecule has 1 aromatic carbocycles. The van der Waals surface area contributed by atoms with Gasteiger partial charge in [0.25, 0.3) is 10.1 Å². The first-order valence-corrected chi connectivity index (χ1v) is 6.18. The van der Waals surface area contributed by atoms with Gasteiger partial charge in [-0.2, -0.15) is 8.42 Å². The molecule has 0 saturated carbocycles. The Morgan fingerprint density at radius 2 is 2.07 bits per heavy atom. The predicted molar refractivity (Wildman–Crippen MR) is 56.3 cm³/mol. The van der Waals surface area contributed by atoms with Gasteiger partial charge in [-0.15, -0.1) is 0 Å². The summed E-state index contributed by atoms with van der Waals surface area (Å²) in [5.41, 5.74) is 2.15. The van der Waals surface area contributed by atoms with E-state index in [1.54, 1.807) is 12.1 Å². The van der Waals surface area contributed by atoms with E-state index in [0.29, 0.717) is 0 Å². The van der Waals surface area contributed by atoms with E-state index < -0.39 is 10.1 Å². The van der Waals surface area contributed by atoms with E-state index in [1.807, 2.05) is 7.05 Å². The zero-order valence-electron chi connectivity index (χ0n) is 8.47. The predicted octanol–water partition coefficient (Wildman–Crippen LogP) is 0.921. The Bertz CT molecular complexity index is 481. The summed E-state index contributed by atoms with van der Waals surface area (Å²) in [4.78, 5) is 2.10. The lowest BCUT2D eigenvalue weighted by Crippen LogP contribution is -2.26. The van der Waals surface area contributed by atoms with E-state index in [-0.39, 0.29) is 4.90 Å². The highest BCUT2D eigenvalue weighted by atomic mass is 32.2. The molecule has 0 radical (unpaired) electrons. The van der Waals surface area contributed by atoms with Gasteiger partial charge in [-0.25, -0.2) is 0 Å². The summed E-state index contributed by atoms with van der Waals surface area (Å²) in [6.07, 6.45) is 0.928. The van der Waals surface area contributed by atoms with Crippen LogP contribution in [0.2, 0.25) is 0 Å². The van der Waals surface area contributed by atoms with Crippen LogP contribution in [-0.2, 0) is 23.1 Å². The maximum atomic E-state index is 10.9. The van der Waals surface area contributed by atoms with Crippen molar-refractivity contribution in [2.45, 2.75) is 17.9 Å². The maximum Gasteiger partial charge on any atom is 0.294 e. The van der Waals surface area contributed by atoms with E-state index in [2.05, 4.69) is 4.90 Å². The number of benzene rings is 1. The molecule has 0 bridgehead atoms. The SMILES string of the molecule is CN1CCc2ccc(S(=O)(=O)O)cc2C1. The Balaban J connectivity index is 2.46. The van der Waals surface area contributed by atoms with Gasteiger partial charge in [0.1, 0.15) is 0 Å². The highest BCUT2D eigenvalue weighted by Crippen LogP contribution is 2.21. The Kier molecular flexibility index (Phi) is 2.54. The minimum Gasteiger partial charge on any atom is -0.302 e. The number of fused-ring (bicyclic) bond motifs is 1. The number of nitrogens with zero attached hydrogens (tertiary/aromatic N) is 1. The number of hydrogen-bond acceptors (Lipinski definition) is 3. The summed E-state index contributed by atoms with van der Waals surface area (Å²) in [7, 11) is -2.08. The van der Waals surface area contributed by atoms with Gasteiger partial charge < -0.3 is 4.90 Å². The number of likely N-dealkylation sites (N-methyl/N-ethyl adjacent to an activating group) is 1. The molecule has 0 unspecified atom stereocenters. The summed E-state index contributed by atoms with van der Waals surface area (Å²) in [5.74, 6) is 0. The van der Waals surface area contributed by atoms with Gasteiger partial charge in [-0.3, -0.25) is 4.55 Å². The molecule has 1 aliphatic heterocycles. The zero-order chi connectivity index (χ0) is 11.1. The van der Waals surface area contributed by atoms with Crippen LogP contribution in [0, 0.1) is 0 Å². The van der Waals surface area contributed by atoms with Gasteiger partial charge in [0.15, 0.2) is 0 Å². The maximum absolute atomic E-state index is 10.9. The molecule has 1 aromatic rings. The van der Waals surface area contributed by atoms with Gasteiger partial charge in [0.05, 0.1) is 4.90 Å². The lowest BCUT2D eigenvalue weighted by molar-refractivity contribution is 0.312. The fraction of sp³-hybridized carbons (Fsp3) is 0.400. The topological polar surface area (TPSA) is 57.6 Å². The average molecular weight is 227 g/mol. The van der Waals surface area contributed by atoms with Crippen molar-refractivity contribution < 1.29 is 13.0 Å². The average Bonchev–Trinajstić information content (AvgIpc) is 2.15. The van der Waals surface area contributed by atoms with Gasteiger partial charge in [-0.1, -0.05) is 6.07 Å². The van der Waals surface area contributed by atoms with Crippen LogP contribution < -0.4 is 0 Å². The Morgan fingerprint density at radius 3 is 2.73 bits per heavy atom. The van der Waals surface area contributed by atoms with Crippen molar-refractivity contribution >= 4 is 10.1 Å². The summed E-state index contributed by atoms with van der Waals surface area (Å²) in [6.45, 7) is 1.72. The molecule has 2 rings (SSSR count). The summed E-state index contributed by atoms with van der Waals surface area (Å²) in [6, 6.07) is 4.80. The Labute approximate surface area is 89.3 Å². The van der Waals surface area contributed by atoms with Crippen molar-refractivity contribution in [1.82, 2.24) is 4.90 Å². The van der Waals surface area contributed by atoms with Gasteiger partial charge in [0.2, 0.25) is 0 Å². The molecule has 0 atom stereocenters. The minimum absolute atomic E-state index is 0.0171. The third-order valence-electron chi connectivity index (χ3n) is 2.68. The molecule has 0 spiro atoms. The molecule has 0 amide bonds. The van der Waals surface area contributed by atoms with E-state index in [1.165, 1.54) is 11.6 Å². The first kappa shape index (κ1) is 10.6. The van der Waals surface area contributed by atoms with Gasteiger partial charge in [0, 0.05) is 13.1 Å². The van der Waals surface area contributed by atoms with Crippen LogP contribution in [0.4, 0.5) is 0 Å². The van der Waals surface area contributed by atoms with Crippen molar-refractivity contribution in [1.29, 1.82) is 0 Å². The van der Waals surface area contributed by atoms with E-state index in [0.717, 1.165) is 25.1 Å².